The minimum Gasteiger partial charge on any atom is -0.444 e. The molecule has 0 saturated carbocycles. The topological polar surface area (TPSA) is 52.3 Å². The lowest BCUT2D eigenvalue weighted by atomic mass is 10.2. The molecule has 0 fully saturated rings. The van der Waals surface area contributed by atoms with Crippen molar-refractivity contribution < 1.29 is 9.53 Å². The largest absolute Gasteiger partial charge is 0.444 e. The van der Waals surface area contributed by atoms with E-state index in [1.54, 1.807) is 20.8 Å². The zero-order valence-corrected chi connectivity index (χ0v) is 12.4. The predicted octanol–water partition coefficient (Wildman–Crippen LogP) is 4.07. The highest BCUT2D eigenvalue weighted by Crippen LogP contribution is 2.16. The average Bonchev–Trinajstić information content (AvgIpc) is 2.25. The van der Waals surface area contributed by atoms with Gasteiger partial charge in [-0.2, -0.15) is 0 Å². The summed E-state index contributed by atoms with van der Waals surface area (Å²) in [5.74, 6) is 1.23. The summed E-state index contributed by atoms with van der Waals surface area (Å²) >= 11 is 1.92. The van der Waals surface area contributed by atoms with E-state index in [-0.39, 0.29) is 0 Å². The summed E-state index contributed by atoms with van der Waals surface area (Å²) in [6.07, 6.45) is 0.525. The molecule has 4 heteroatoms. The number of nitrogens with two attached hydrogens (primary N) is 1. The monoisotopic (exact) mass is 269 g/mol. The molecule has 3 nitrogen and oxygen atoms in total. The van der Waals surface area contributed by atoms with Gasteiger partial charge in [0.25, 0.3) is 0 Å². The number of hydrogen-bond acceptors (Lipinski definition) is 3. The minimum atomic E-state index is -0.725. The van der Waals surface area contributed by atoms with E-state index in [0.717, 1.165) is 0 Å². The second-order valence-corrected chi connectivity index (χ2v) is 5.86. The van der Waals surface area contributed by atoms with Crippen molar-refractivity contribution in [1.29, 1.82) is 0 Å². The number of primary amides is 1. The van der Waals surface area contributed by atoms with Crippen molar-refractivity contribution in [2.45, 2.75) is 44.6 Å². The van der Waals surface area contributed by atoms with Gasteiger partial charge < -0.3 is 10.5 Å². The van der Waals surface area contributed by atoms with E-state index in [1.165, 1.54) is 17.1 Å². The molecule has 1 aromatic carbocycles. The Labute approximate surface area is 114 Å². The first-order chi connectivity index (χ1) is 8.35. The molecular weight excluding hydrogens is 246 g/mol. The van der Waals surface area contributed by atoms with Gasteiger partial charge in [0, 0.05) is 4.90 Å². The maximum absolute atomic E-state index is 10.0. The molecule has 0 atom stereocenters. The molecule has 0 spiro atoms. The second kappa shape index (κ2) is 8.86. The normalized spacial score (nSPS) is 10.2. The number of hydrogen-bond donors (Lipinski definition) is 1. The van der Waals surface area contributed by atoms with Crippen molar-refractivity contribution in [3.05, 3.63) is 30.3 Å². The fraction of sp³-hybridized carbons (Fsp3) is 0.500. The smallest absolute Gasteiger partial charge is 0.405 e. The van der Waals surface area contributed by atoms with Crippen LogP contribution in [-0.2, 0) is 4.74 Å². The Kier molecular flexibility index (Phi) is 8.29. The maximum Gasteiger partial charge on any atom is 0.405 e. The van der Waals surface area contributed by atoms with Crippen LogP contribution in [0, 0.1) is 0 Å². The SMILES string of the molecule is CC(C)(C)OC(N)=O.CCCSc1ccccc1. The third-order valence-corrected chi connectivity index (χ3v) is 2.84. The van der Waals surface area contributed by atoms with Gasteiger partial charge in [-0.3, -0.25) is 0 Å². The number of rotatable bonds is 3. The lowest BCUT2D eigenvalue weighted by molar-refractivity contribution is 0.0600. The molecule has 102 valence electrons. The summed E-state index contributed by atoms with van der Waals surface area (Å²) < 4.78 is 4.58. The molecule has 2 N–H and O–H groups in total. The first-order valence-corrected chi connectivity index (χ1v) is 7.00. The van der Waals surface area contributed by atoms with Crippen molar-refractivity contribution in [2.75, 3.05) is 5.75 Å². The molecule has 0 bridgehead atoms. The molecule has 0 unspecified atom stereocenters. The molecule has 1 amide bonds. The van der Waals surface area contributed by atoms with Gasteiger partial charge in [0.1, 0.15) is 5.60 Å². The number of ether oxygens (including phenoxy) is 1. The quantitative estimate of drug-likeness (QED) is 0.842. The molecular formula is C14H23NO2S. The summed E-state index contributed by atoms with van der Waals surface area (Å²) in [5.41, 5.74) is 4.26. The number of benzene rings is 1. The van der Waals surface area contributed by atoms with E-state index in [1.807, 2.05) is 11.8 Å². The van der Waals surface area contributed by atoms with E-state index < -0.39 is 11.7 Å². The van der Waals surface area contributed by atoms with E-state index in [9.17, 15) is 4.79 Å². The molecule has 0 aliphatic rings. The number of carbonyl (C=O) groups is 1. The van der Waals surface area contributed by atoms with Crippen molar-refractivity contribution in [3.63, 3.8) is 0 Å². The van der Waals surface area contributed by atoms with Gasteiger partial charge in [-0.1, -0.05) is 25.1 Å². The summed E-state index contributed by atoms with van der Waals surface area (Å²) in [6, 6.07) is 10.5. The van der Waals surface area contributed by atoms with Gasteiger partial charge in [-0.15, -0.1) is 11.8 Å². The predicted molar refractivity (Wildman–Crippen MR) is 77.9 cm³/mol. The Morgan fingerprint density at radius 1 is 1.28 bits per heavy atom. The van der Waals surface area contributed by atoms with Crippen LogP contribution in [0.1, 0.15) is 34.1 Å². The van der Waals surface area contributed by atoms with Crippen molar-refractivity contribution >= 4 is 17.9 Å². The molecule has 0 aliphatic carbocycles. The molecule has 0 saturated heterocycles. The first kappa shape index (κ1) is 16.8. The number of amides is 1. The van der Waals surface area contributed by atoms with Gasteiger partial charge >= 0.3 is 6.09 Å². The van der Waals surface area contributed by atoms with Crippen molar-refractivity contribution in [1.82, 2.24) is 0 Å². The highest BCUT2D eigenvalue weighted by molar-refractivity contribution is 7.99. The van der Waals surface area contributed by atoms with E-state index >= 15 is 0 Å². The molecule has 0 heterocycles. The van der Waals surface area contributed by atoms with Crippen molar-refractivity contribution in [3.8, 4) is 0 Å². The highest BCUT2D eigenvalue weighted by Gasteiger charge is 2.12. The zero-order chi connectivity index (χ0) is 14.0. The third kappa shape index (κ3) is 11.3. The van der Waals surface area contributed by atoms with Gasteiger partial charge in [0.15, 0.2) is 0 Å². The molecule has 0 aromatic heterocycles. The molecule has 1 aromatic rings. The number of thioether (sulfide) groups is 1. The van der Waals surface area contributed by atoms with Crippen LogP contribution in [0.5, 0.6) is 0 Å². The number of carbonyl (C=O) groups excluding carboxylic acids is 1. The van der Waals surface area contributed by atoms with Crippen LogP contribution in [0.25, 0.3) is 0 Å². The highest BCUT2D eigenvalue weighted by atomic mass is 32.2. The van der Waals surface area contributed by atoms with Gasteiger partial charge in [0.2, 0.25) is 0 Å². The van der Waals surface area contributed by atoms with Crippen LogP contribution in [0.4, 0.5) is 4.79 Å². The fourth-order valence-corrected chi connectivity index (χ4v) is 1.83. The summed E-state index contributed by atoms with van der Waals surface area (Å²) in [5, 5.41) is 0. The maximum atomic E-state index is 10.0. The van der Waals surface area contributed by atoms with Gasteiger partial charge in [-0.05, 0) is 45.1 Å². The Balaban J connectivity index is 0.000000331. The van der Waals surface area contributed by atoms with E-state index in [2.05, 4.69) is 42.0 Å². The molecule has 18 heavy (non-hydrogen) atoms. The summed E-state index contributed by atoms with van der Waals surface area (Å²) in [4.78, 5) is 11.4. The van der Waals surface area contributed by atoms with Gasteiger partial charge in [-0.25, -0.2) is 4.79 Å². The first-order valence-electron chi connectivity index (χ1n) is 6.01. The third-order valence-electron chi connectivity index (χ3n) is 1.62. The van der Waals surface area contributed by atoms with E-state index in [0.29, 0.717) is 0 Å². The Hall–Kier alpha value is -1.16. The molecule has 1 rings (SSSR count). The Bertz CT molecular complexity index is 333. The summed E-state index contributed by atoms with van der Waals surface area (Å²) in [7, 11) is 0. The Morgan fingerprint density at radius 2 is 1.83 bits per heavy atom. The van der Waals surface area contributed by atoms with Crippen LogP contribution in [-0.4, -0.2) is 17.4 Å². The van der Waals surface area contributed by atoms with Gasteiger partial charge in [0.05, 0.1) is 0 Å². The van der Waals surface area contributed by atoms with Crippen LogP contribution < -0.4 is 5.73 Å². The minimum absolute atomic E-state index is 0.453. The van der Waals surface area contributed by atoms with Crippen LogP contribution in [0.15, 0.2) is 35.2 Å². The molecule has 0 radical (unpaired) electrons. The van der Waals surface area contributed by atoms with Crippen LogP contribution in [0.2, 0.25) is 0 Å². The summed E-state index contributed by atoms with van der Waals surface area (Å²) in [6.45, 7) is 7.49. The lowest BCUT2D eigenvalue weighted by Gasteiger charge is -2.16. The zero-order valence-electron chi connectivity index (χ0n) is 11.6. The fourth-order valence-electron chi connectivity index (χ4n) is 1.04. The molecule has 0 aliphatic heterocycles. The van der Waals surface area contributed by atoms with E-state index in [4.69, 9.17) is 5.73 Å². The van der Waals surface area contributed by atoms with Crippen molar-refractivity contribution in [2.24, 2.45) is 5.73 Å². The average molecular weight is 269 g/mol. The standard InChI is InChI=1S/C9H12S.C5H11NO2/c1-2-8-10-9-6-4-3-5-7-9;1-5(2,3)8-4(6)7/h3-7H,2,8H2,1H3;1-3H3,(H2,6,7). The second-order valence-electron chi connectivity index (χ2n) is 4.69. The van der Waals surface area contributed by atoms with Crippen LogP contribution in [0.3, 0.4) is 0 Å². The van der Waals surface area contributed by atoms with Crippen LogP contribution >= 0.6 is 11.8 Å². The Morgan fingerprint density at radius 3 is 2.17 bits per heavy atom. The lowest BCUT2D eigenvalue weighted by Crippen LogP contribution is -2.27.